The first-order valence-electron chi connectivity index (χ1n) is 9.69. The van der Waals surface area contributed by atoms with Gasteiger partial charge in [-0.25, -0.2) is 9.59 Å². The minimum absolute atomic E-state index is 0.324. The summed E-state index contributed by atoms with van der Waals surface area (Å²) in [5.41, 5.74) is 2.00. The van der Waals surface area contributed by atoms with Crippen molar-refractivity contribution in [3.8, 4) is 0 Å². The van der Waals surface area contributed by atoms with Gasteiger partial charge in [-0.15, -0.1) is 0 Å². The van der Waals surface area contributed by atoms with Crippen LogP contribution < -0.4 is 0 Å². The lowest BCUT2D eigenvalue weighted by Gasteiger charge is -2.07. The fourth-order valence-electron chi connectivity index (χ4n) is 2.69. The first-order valence-corrected chi connectivity index (χ1v) is 9.69. The van der Waals surface area contributed by atoms with E-state index in [-0.39, 0.29) is 11.9 Å². The molecule has 0 atom stereocenters. The zero-order chi connectivity index (χ0) is 19.3. The Labute approximate surface area is 161 Å². The van der Waals surface area contributed by atoms with Crippen molar-refractivity contribution in [2.24, 2.45) is 0 Å². The Bertz CT molecular complexity index is 692. The van der Waals surface area contributed by atoms with Crippen LogP contribution in [-0.2, 0) is 15.9 Å². The average molecular weight is 368 g/mol. The predicted molar refractivity (Wildman–Crippen MR) is 106 cm³/mol. The van der Waals surface area contributed by atoms with Crippen LogP contribution in [0.3, 0.4) is 0 Å². The molecule has 0 saturated heterocycles. The SMILES string of the molecule is CCCCCCCOC(=O)c1ccc(C(=O)OCCc2ccccc2)cc1. The maximum absolute atomic E-state index is 12.1. The number of carbonyl (C=O) groups is 2. The number of benzene rings is 2. The number of rotatable bonds is 11. The summed E-state index contributed by atoms with van der Waals surface area (Å²) in [4.78, 5) is 24.1. The molecule has 0 heterocycles. The summed E-state index contributed by atoms with van der Waals surface area (Å²) in [6.45, 7) is 2.93. The second-order valence-corrected chi connectivity index (χ2v) is 6.50. The fourth-order valence-corrected chi connectivity index (χ4v) is 2.69. The summed E-state index contributed by atoms with van der Waals surface area (Å²) in [5.74, 6) is -0.740. The molecule has 4 nitrogen and oxygen atoms in total. The van der Waals surface area contributed by atoms with Crippen LogP contribution in [0, 0.1) is 0 Å². The zero-order valence-electron chi connectivity index (χ0n) is 16.0. The Hall–Kier alpha value is -2.62. The third-order valence-corrected chi connectivity index (χ3v) is 4.30. The zero-order valence-corrected chi connectivity index (χ0v) is 16.0. The minimum Gasteiger partial charge on any atom is -0.462 e. The number of unbranched alkanes of at least 4 members (excludes halogenated alkanes) is 4. The number of carbonyl (C=O) groups excluding carboxylic acids is 2. The third-order valence-electron chi connectivity index (χ3n) is 4.30. The standard InChI is InChI=1S/C23H28O4/c1-2-3-4-5-9-17-26-22(24)20-12-14-21(15-13-20)23(25)27-18-16-19-10-7-6-8-11-19/h6-8,10-15H,2-5,9,16-18H2,1H3. The van der Waals surface area contributed by atoms with Crippen molar-refractivity contribution in [1.29, 1.82) is 0 Å². The van der Waals surface area contributed by atoms with Crippen molar-refractivity contribution in [1.82, 2.24) is 0 Å². The van der Waals surface area contributed by atoms with E-state index in [0.29, 0.717) is 30.8 Å². The van der Waals surface area contributed by atoms with Gasteiger partial charge in [0.05, 0.1) is 24.3 Å². The lowest BCUT2D eigenvalue weighted by Crippen LogP contribution is -2.10. The topological polar surface area (TPSA) is 52.6 Å². The summed E-state index contributed by atoms with van der Waals surface area (Å²) in [6.07, 6.45) is 6.23. The monoisotopic (exact) mass is 368 g/mol. The first-order chi connectivity index (χ1) is 13.2. The fraction of sp³-hybridized carbons (Fsp3) is 0.391. The van der Waals surface area contributed by atoms with Crippen molar-refractivity contribution in [3.05, 3.63) is 71.3 Å². The van der Waals surface area contributed by atoms with Gasteiger partial charge in [0.15, 0.2) is 0 Å². The number of esters is 2. The Kier molecular flexibility index (Phi) is 9.11. The summed E-state index contributed by atoms with van der Waals surface area (Å²) in [6, 6.07) is 16.3. The molecule has 0 aliphatic heterocycles. The van der Waals surface area contributed by atoms with Crippen LogP contribution in [-0.4, -0.2) is 25.2 Å². The maximum atomic E-state index is 12.1. The molecule has 0 fully saturated rings. The van der Waals surface area contributed by atoms with Gasteiger partial charge in [0.2, 0.25) is 0 Å². The molecule has 0 amide bonds. The highest BCUT2D eigenvalue weighted by Gasteiger charge is 2.11. The van der Waals surface area contributed by atoms with Crippen molar-refractivity contribution in [3.63, 3.8) is 0 Å². The molecule has 0 bridgehead atoms. The lowest BCUT2D eigenvalue weighted by atomic mass is 10.1. The Morgan fingerprint density at radius 3 is 1.85 bits per heavy atom. The maximum Gasteiger partial charge on any atom is 0.338 e. The van der Waals surface area contributed by atoms with E-state index in [1.54, 1.807) is 24.3 Å². The number of ether oxygens (including phenoxy) is 2. The van der Waals surface area contributed by atoms with Crippen molar-refractivity contribution < 1.29 is 19.1 Å². The molecule has 0 saturated carbocycles. The smallest absolute Gasteiger partial charge is 0.338 e. The molecule has 27 heavy (non-hydrogen) atoms. The summed E-state index contributed by atoms with van der Waals surface area (Å²) >= 11 is 0. The van der Waals surface area contributed by atoms with E-state index >= 15 is 0 Å². The molecule has 2 aromatic carbocycles. The molecule has 2 aromatic rings. The van der Waals surface area contributed by atoms with Crippen LogP contribution in [0.5, 0.6) is 0 Å². The Balaban J connectivity index is 1.71. The second-order valence-electron chi connectivity index (χ2n) is 6.50. The van der Waals surface area contributed by atoms with E-state index in [4.69, 9.17) is 9.47 Å². The molecular formula is C23H28O4. The van der Waals surface area contributed by atoms with Gasteiger partial charge >= 0.3 is 11.9 Å². The van der Waals surface area contributed by atoms with E-state index in [1.165, 1.54) is 19.3 Å². The molecule has 0 N–H and O–H groups in total. The molecule has 4 heteroatoms. The normalized spacial score (nSPS) is 10.4. The highest BCUT2D eigenvalue weighted by atomic mass is 16.5. The summed E-state index contributed by atoms with van der Waals surface area (Å²) in [7, 11) is 0. The molecule has 0 unspecified atom stereocenters. The van der Waals surface area contributed by atoms with Crippen LogP contribution in [0.25, 0.3) is 0 Å². The van der Waals surface area contributed by atoms with Crippen LogP contribution in [0.4, 0.5) is 0 Å². The van der Waals surface area contributed by atoms with Crippen LogP contribution >= 0.6 is 0 Å². The summed E-state index contributed by atoms with van der Waals surface area (Å²) in [5, 5.41) is 0. The Morgan fingerprint density at radius 1 is 0.704 bits per heavy atom. The van der Waals surface area contributed by atoms with Crippen molar-refractivity contribution >= 4 is 11.9 Å². The molecular weight excluding hydrogens is 340 g/mol. The van der Waals surface area contributed by atoms with Crippen LogP contribution in [0.1, 0.15) is 65.3 Å². The first kappa shape index (κ1) is 20.7. The van der Waals surface area contributed by atoms with E-state index in [9.17, 15) is 9.59 Å². The molecule has 2 rings (SSSR count). The Morgan fingerprint density at radius 2 is 1.26 bits per heavy atom. The largest absolute Gasteiger partial charge is 0.462 e. The molecule has 0 aliphatic rings. The van der Waals surface area contributed by atoms with Gasteiger partial charge in [0.25, 0.3) is 0 Å². The minimum atomic E-state index is -0.387. The molecule has 0 radical (unpaired) electrons. The van der Waals surface area contributed by atoms with Gasteiger partial charge in [0, 0.05) is 6.42 Å². The molecule has 144 valence electrons. The highest BCUT2D eigenvalue weighted by molar-refractivity contribution is 5.93. The molecule has 0 aromatic heterocycles. The number of hydrogen-bond donors (Lipinski definition) is 0. The molecule has 0 spiro atoms. The van der Waals surface area contributed by atoms with E-state index in [2.05, 4.69) is 6.92 Å². The van der Waals surface area contributed by atoms with Gasteiger partial charge < -0.3 is 9.47 Å². The van der Waals surface area contributed by atoms with Crippen LogP contribution in [0.15, 0.2) is 54.6 Å². The third kappa shape index (κ3) is 7.65. The average Bonchev–Trinajstić information content (AvgIpc) is 2.71. The van der Waals surface area contributed by atoms with Gasteiger partial charge in [-0.05, 0) is 36.2 Å². The summed E-state index contributed by atoms with van der Waals surface area (Å²) < 4.78 is 10.6. The number of hydrogen-bond acceptors (Lipinski definition) is 4. The van der Waals surface area contributed by atoms with Crippen molar-refractivity contribution in [2.45, 2.75) is 45.4 Å². The van der Waals surface area contributed by atoms with E-state index in [1.807, 2.05) is 30.3 Å². The second kappa shape index (κ2) is 11.9. The van der Waals surface area contributed by atoms with Crippen molar-refractivity contribution in [2.75, 3.05) is 13.2 Å². The highest BCUT2D eigenvalue weighted by Crippen LogP contribution is 2.09. The predicted octanol–water partition coefficient (Wildman–Crippen LogP) is 5.21. The van der Waals surface area contributed by atoms with E-state index < -0.39 is 0 Å². The lowest BCUT2D eigenvalue weighted by molar-refractivity contribution is 0.0488. The quantitative estimate of drug-likeness (QED) is 0.403. The van der Waals surface area contributed by atoms with Gasteiger partial charge in [0.1, 0.15) is 0 Å². The van der Waals surface area contributed by atoms with Crippen LogP contribution in [0.2, 0.25) is 0 Å². The van der Waals surface area contributed by atoms with E-state index in [0.717, 1.165) is 18.4 Å². The van der Waals surface area contributed by atoms with Gasteiger partial charge in [-0.2, -0.15) is 0 Å². The van der Waals surface area contributed by atoms with Gasteiger partial charge in [-0.3, -0.25) is 0 Å². The molecule has 0 aliphatic carbocycles. The van der Waals surface area contributed by atoms with Gasteiger partial charge in [-0.1, -0.05) is 62.9 Å².